The zero-order valence-corrected chi connectivity index (χ0v) is 29.2. The molecule has 0 bridgehead atoms. The molecule has 5 heterocycles. The fourth-order valence-corrected chi connectivity index (χ4v) is 8.23. The van der Waals surface area contributed by atoms with Crippen molar-refractivity contribution in [2.45, 2.75) is 90.1 Å². The normalized spacial score (nSPS) is 22.4. The van der Waals surface area contributed by atoms with Gasteiger partial charge in [0, 0.05) is 36.7 Å². The Kier molecular flexibility index (Phi) is 7.89. The lowest BCUT2D eigenvalue weighted by Gasteiger charge is -2.27. The molecule has 2 fully saturated rings. The van der Waals surface area contributed by atoms with E-state index in [-0.39, 0.29) is 30.1 Å². The van der Waals surface area contributed by atoms with Crippen LogP contribution in [0.1, 0.15) is 87.5 Å². The molecule has 4 atom stereocenters. The zero-order chi connectivity index (χ0) is 34.9. The van der Waals surface area contributed by atoms with Gasteiger partial charge >= 0.3 is 12.2 Å². The molecule has 4 aromatic rings. The summed E-state index contributed by atoms with van der Waals surface area (Å²) in [6, 6.07) is 10.2. The predicted octanol–water partition coefficient (Wildman–Crippen LogP) is 7.27. The second-order valence-corrected chi connectivity index (χ2v) is 15.1. The summed E-state index contributed by atoms with van der Waals surface area (Å²) in [5, 5.41) is 9.84. The first-order chi connectivity index (χ1) is 24.0. The summed E-state index contributed by atoms with van der Waals surface area (Å²) in [5.41, 5.74) is 8.81. The molecule has 2 amide bonds. The highest BCUT2D eigenvalue weighted by atomic mass is 16.6. The van der Waals surface area contributed by atoms with Gasteiger partial charge in [-0.2, -0.15) is 0 Å². The van der Waals surface area contributed by atoms with Gasteiger partial charge < -0.3 is 29.3 Å². The fraction of sp³-hybridized carbons (Fsp3) is 0.474. The lowest BCUT2D eigenvalue weighted by Crippen LogP contribution is -2.37. The van der Waals surface area contributed by atoms with Crippen molar-refractivity contribution in [3.05, 3.63) is 65.0 Å². The van der Waals surface area contributed by atoms with E-state index in [0.29, 0.717) is 19.8 Å². The Morgan fingerprint density at radius 2 is 1.86 bits per heavy atom. The molecule has 3 N–H and O–H groups in total. The van der Waals surface area contributed by atoms with E-state index in [0.717, 1.165) is 94.4 Å². The average molecular weight is 681 g/mol. The van der Waals surface area contributed by atoms with Crippen molar-refractivity contribution in [3.8, 4) is 39.4 Å². The Hall–Kier alpha value is -4.84. The second kappa shape index (κ2) is 12.2. The largest absolute Gasteiger partial charge is 0.488 e. The van der Waals surface area contributed by atoms with Crippen molar-refractivity contribution in [1.82, 2.24) is 29.7 Å². The van der Waals surface area contributed by atoms with Crippen molar-refractivity contribution in [3.63, 3.8) is 0 Å². The molecule has 3 aliphatic heterocycles. The maximum Gasteiger partial charge on any atom is 0.410 e. The maximum atomic E-state index is 13.2. The highest BCUT2D eigenvalue weighted by Crippen LogP contribution is 2.46. The number of hydrogen-bond donors (Lipinski definition) is 3. The number of amides is 2. The number of hydrogen-bond acceptors (Lipinski definition) is 7. The number of fused-ring (bicyclic) bond motifs is 6. The van der Waals surface area contributed by atoms with Crippen molar-refractivity contribution >= 4 is 12.2 Å². The molecule has 50 heavy (non-hydrogen) atoms. The number of ether oxygens (including phenoxy) is 3. The number of nitrogens with one attached hydrogen (secondary N) is 2. The van der Waals surface area contributed by atoms with Crippen LogP contribution >= 0.6 is 0 Å². The first-order valence-corrected chi connectivity index (χ1v) is 17.5. The standard InChI is InChI=1S/C38H44N6O6/c1-20-6-11-30(44(20)36(45)46)35-40-28-10-8-22-14-27-25-9-7-23(13-24(25)19-49-32(27)15-26(22)33(28)42-35)29-16-39-34(41-29)31-12-21(18-48-5)17-43(31)37(47)50-38(2,3)4/h7,9,13-16,20-21,30-31H,6,8,10-12,17-19H2,1-5H3,(H,39,41)(H,40,42)(H,45,46)/t20-,21?,30-,31-/m0/s1. The molecule has 0 radical (unpaired) electrons. The molecule has 2 aromatic carbocycles. The molecular formula is C38H44N6O6. The third kappa shape index (κ3) is 5.69. The van der Waals surface area contributed by atoms with Crippen LogP contribution in [0.4, 0.5) is 9.59 Å². The smallest absolute Gasteiger partial charge is 0.410 e. The number of rotatable bonds is 5. The number of carbonyl (C=O) groups excluding carboxylic acids is 1. The Balaban J connectivity index is 1.05. The number of nitrogens with zero attached hydrogens (tertiary/aromatic N) is 4. The van der Waals surface area contributed by atoms with E-state index in [9.17, 15) is 14.7 Å². The molecule has 12 nitrogen and oxygen atoms in total. The molecular weight excluding hydrogens is 636 g/mol. The number of benzene rings is 2. The van der Waals surface area contributed by atoms with Gasteiger partial charge in [-0.3, -0.25) is 9.80 Å². The van der Waals surface area contributed by atoms with Crippen LogP contribution in [0.15, 0.2) is 36.5 Å². The molecule has 1 aliphatic carbocycles. The fourth-order valence-electron chi connectivity index (χ4n) is 8.23. The second-order valence-electron chi connectivity index (χ2n) is 15.1. The monoisotopic (exact) mass is 680 g/mol. The van der Waals surface area contributed by atoms with Gasteiger partial charge in [-0.1, -0.05) is 12.1 Å². The highest BCUT2D eigenvalue weighted by molar-refractivity contribution is 5.83. The van der Waals surface area contributed by atoms with E-state index in [1.807, 2.05) is 33.9 Å². The molecule has 1 unspecified atom stereocenters. The number of imidazole rings is 2. The SMILES string of the molecule is COCC1C[C@@H](c2ncc(-c3ccc4c(c3)COc3cc5c(cc3-4)CCc3nc([C@@H]4CC[C@H](C)N4C(=O)O)[nH]c3-5)[nH]2)N(C(=O)OC(C)(C)C)C1. The molecule has 8 rings (SSSR count). The van der Waals surface area contributed by atoms with Crippen LogP contribution in [-0.2, 0) is 28.9 Å². The third-order valence-electron chi connectivity index (χ3n) is 10.5. The molecule has 4 aliphatic rings. The first kappa shape index (κ1) is 32.4. The highest BCUT2D eigenvalue weighted by Gasteiger charge is 2.41. The lowest BCUT2D eigenvalue weighted by atomic mass is 9.86. The van der Waals surface area contributed by atoms with Crippen molar-refractivity contribution in [2.75, 3.05) is 20.3 Å². The minimum atomic E-state index is -0.901. The number of likely N-dealkylation sites (tertiary alicyclic amines) is 2. The van der Waals surface area contributed by atoms with Gasteiger partial charge in [0.25, 0.3) is 0 Å². The minimum absolute atomic E-state index is 0.0288. The van der Waals surface area contributed by atoms with E-state index in [2.05, 4.69) is 40.3 Å². The summed E-state index contributed by atoms with van der Waals surface area (Å²) < 4.78 is 17.5. The van der Waals surface area contributed by atoms with Crippen LogP contribution in [0.25, 0.3) is 33.6 Å². The molecule has 262 valence electrons. The van der Waals surface area contributed by atoms with Crippen molar-refractivity contribution < 1.29 is 28.9 Å². The molecule has 12 heteroatoms. The number of aromatic nitrogens is 4. The number of carbonyl (C=O) groups is 2. The Labute approximate surface area is 291 Å². The van der Waals surface area contributed by atoms with E-state index in [4.69, 9.17) is 24.2 Å². The summed E-state index contributed by atoms with van der Waals surface area (Å²) in [7, 11) is 1.68. The maximum absolute atomic E-state index is 13.2. The quantitative estimate of drug-likeness (QED) is 0.200. The van der Waals surface area contributed by atoms with Gasteiger partial charge in [0.05, 0.1) is 42.0 Å². The number of H-pyrrole nitrogens is 2. The topological polar surface area (TPSA) is 146 Å². The van der Waals surface area contributed by atoms with Crippen LogP contribution in [0.5, 0.6) is 5.75 Å². The van der Waals surface area contributed by atoms with Crippen LogP contribution in [-0.4, -0.2) is 78.9 Å². The van der Waals surface area contributed by atoms with Crippen molar-refractivity contribution in [2.24, 2.45) is 5.92 Å². The van der Waals surface area contributed by atoms with Gasteiger partial charge in [-0.15, -0.1) is 0 Å². The minimum Gasteiger partial charge on any atom is -0.488 e. The molecule has 0 spiro atoms. The van der Waals surface area contributed by atoms with Crippen LogP contribution in [0.2, 0.25) is 0 Å². The lowest BCUT2D eigenvalue weighted by molar-refractivity contribution is 0.0208. The summed E-state index contributed by atoms with van der Waals surface area (Å²) in [5.74, 6) is 2.48. The Morgan fingerprint density at radius 1 is 1.02 bits per heavy atom. The number of carboxylic acid groups (broad SMARTS) is 1. The molecule has 2 aromatic heterocycles. The van der Waals surface area contributed by atoms with E-state index < -0.39 is 11.7 Å². The van der Waals surface area contributed by atoms with Gasteiger partial charge in [0.2, 0.25) is 0 Å². The third-order valence-corrected chi connectivity index (χ3v) is 10.5. The van der Waals surface area contributed by atoms with Crippen molar-refractivity contribution in [1.29, 1.82) is 0 Å². The van der Waals surface area contributed by atoms with Gasteiger partial charge in [-0.25, -0.2) is 19.6 Å². The summed E-state index contributed by atoms with van der Waals surface area (Å²) in [6.07, 6.45) is 4.55. The number of aryl methyl sites for hydroxylation is 2. The van der Waals surface area contributed by atoms with Crippen LogP contribution in [0, 0.1) is 5.92 Å². The zero-order valence-electron chi connectivity index (χ0n) is 29.2. The predicted molar refractivity (Wildman–Crippen MR) is 186 cm³/mol. The van der Waals surface area contributed by atoms with Crippen LogP contribution < -0.4 is 4.74 Å². The van der Waals surface area contributed by atoms with Gasteiger partial charge in [-0.05, 0) is 100 Å². The Morgan fingerprint density at radius 3 is 2.64 bits per heavy atom. The van der Waals surface area contributed by atoms with E-state index in [1.165, 1.54) is 10.5 Å². The summed E-state index contributed by atoms with van der Waals surface area (Å²) >= 11 is 0. The summed E-state index contributed by atoms with van der Waals surface area (Å²) in [6.45, 7) is 9.13. The molecule has 2 saturated heterocycles. The Bertz CT molecular complexity index is 1980. The van der Waals surface area contributed by atoms with Gasteiger partial charge in [0.15, 0.2) is 0 Å². The number of aromatic amines is 2. The van der Waals surface area contributed by atoms with E-state index >= 15 is 0 Å². The first-order valence-electron chi connectivity index (χ1n) is 17.5. The van der Waals surface area contributed by atoms with Gasteiger partial charge in [0.1, 0.15) is 29.6 Å². The summed E-state index contributed by atoms with van der Waals surface area (Å²) in [4.78, 5) is 45.1. The van der Waals surface area contributed by atoms with Crippen LogP contribution in [0.3, 0.4) is 0 Å². The average Bonchev–Trinajstić information content (AvgIpc) is 3.88. The molecule has 0 saturated carbocycles. The van der Waals surface area contributed by atoms with E-state index in [1.54, 1.807) is 12.0 Å². The number of methoxy groups -OCH3 is 1.